The highest BCUT2D eigenvalue weighted by Gasteiger charge is 2.16. The van der Waals surface area contributed by atoms with Crippen molar-refractivity contribution in [3.05, 3.63) is 43.1 Å². The standard InChI is InChI=1S/C21H22N4O4/c26-18-8-14(15-7-16(12-22-11-15)20-25-23-13-28-20)9-19(10-18)29-21(27)24-17-5-3-1-2-4-6-17/h7-13,17,26H,1-6H2,(H,24,27). The largest absolute Gasteiger partial charge is 0.508 e. The first-order valence-corrected chi connectivity index (χ1v) is 9.72. The van der Waals surface area contributed by atoms with Crippen LogP contribution in [0.15, 0.2) is 47.5 Å². The van der Waals surface area contributed by atoms with E-state index in [1.165, 1.54) is 25.3 Å². The summed E-state index contributed by atoms with van der Waals surface area (Å²) in [7, 11) is 0. The SMILES string of the molecule is O=C(NC1CCCCCC1)Oc1cc(O)cc(-c2cncc(-c3nnco3)c2)c1. The number of pyridine rings is 1. The van der Waals surface area contributed by atoms with Gasteiger partial charge in [0.15, 0.2) is 0 Å². The van der Waals surface area contributed by atoms with Crippen LogP contribution >= 0.6 is 0 Å². The molecule has 1 saturated carbocycles. The van der Waals surface area contributed by atoms with E-state index in [1.807, 2.05) is 6.07 Å². The van der Waals surface area contributed by atoms with Crippen LogP contribution in [0.5, 0.6) is 11.5 Å². The third kappa shape index (κ3) is 4.90. The van der Waals surface area contributed by atoms with Gasteiger partial charge in [-0.3, -0.25) is 4.98 Å². The molecule has 1 aliphatic rings. The molecule has 3 aromatic rings. The van der Waals surface area contributed by atoms with Crippen LogP contribution in [0.3, 0.4) is 0 Å². The third-order valence-corrected chi connectivity index (χ3v) is 4.96. The molecule has 2 aromatic heterocycles. The molecule has 29 heavy (non-hydrogen) atoms. The summed E-state index contributed by atoms with van der Waals surface area (Å²) < 4.78 is 10.6. The molecule has 0 radical (unpaired) electrons. The highest BCUT2D eigenvalue weighted by atomic mass is 16.6. The van der Waals surface area contributed by atoms with Gasteiger partial charge in [0, 0.05) is 30.1 Å². The lowest BCUT2D eigenvalue weighted by Gasteiger charge is -2.16. The van der Waals surface area contributed by atoms with Crippen molar-refractivity contribution < 1.29 is 19.1 Å². The van der Waals surface area contributed by atoms with Crippen molar-refractivity contribution >= 4 is 6.09 Å². The molecular formula is C21H22N4O4. The molecule has 1 fully saturated rings. The van der Waals surface area contributed by atoms with Crippen molar-refractivity contribution in [2.45, 2.75) is 44.6 Å². The molecule has 2 heterocycles. The maximum absolute atomic E-state index is 12.3. The Balaban J connectivity index is 1.50. The molecule has 1 aromatic carbocycles. The second-order valence-corrected chi connectivity index (χ2v) is 7.14. The number of carbonyl (C=O) groups is 1. The quantitative estimate of drug-likeness (QED) is 0.634. The van der Waals surface area contributed by atoms with Gasteiger partial charge in [-0.15, -0.1) is 10.2 Å². The lowest BCUT2D eigenvalue weighted by molar-refractivity contribution is 0.194. The van der Waals surface area contributed by atoms with Crippen LogP contribution in [0.2, 0.25) is 0 Å². The number of amides is 1. The van der Waals surface area contributed by atoms with E-state index in [1.54, 1.807) is 24.5 Å². The van der Waals surface area contributed by atoms with Crippen molar-refractivity contribution in [3.8, 4) is 34.1 Å². The van der Waals surface area contributed by atoms with Gasteiger partial charge in [-0.1, -0.05) is 25.7 Å². The Morgan fingerprint density at radius 3 is 2.59 bits per heavy atom. The van der Waals surface area contributed by atoms with Crippen molar-refractivity contribution in [2.75, 3.05) is 0 Å². The summed E-state index contributed by atoms with van der Waals surface area (Å²) in [5.41, 5.74) is 2.01. The van der Waals surface area contributed by atoms with Gasteiger partial charge >= 0.3 is 6.09 Å². The summed E-state index contributed by atoms with van der Waals surface area (Å²) in [5.74, 6) is 0.594. The minimum atomic E-state index is -0.508. The number of phenols is 1. The Hall–Kier alpha value is -3.42. The second-order valence-electron chi connectivity index (χ2n) is 7.14. The number of nitrogens with zero attached hydrogens (tertiary/aromatic N) is 3. The third-order valence-electron chi connectivity index (χ3n) is 4.96. The number of aromatic nitrogens is 3. The minimum absolute atomic E-state index is 0.0111. The predicted molar refractivity (Wildman–Crippen MR) is 105 cm³/mol. The van der Waals surface area contributed by atoms with E-state index in [0.29, 0.717) is 22.6 Å². The molecule has 0 bridgehead atoms. The van der Waals surface area contributed by atoms with E-state index >= 15 is 0 Å². The number of aromatic hydroxyl groups is 1. The van der Waals surface area contributed by atoms with E-state index in [4.69, 9.17) is 9.15 Å². The average Bonchev–Trinajstić information content (AvgIpc) is 3.13. The molecule has 0 spiro atoms. The van der Waals surface area contributed by atoms with Crippen molar-refractivity contribution in [1.29, 1.82) is 0 Å². The number of phenolic OH excluding ortho intramolecular Hbond substituents is 1. The van der Waals surface area contributed by atoms with Gasteiger partial charge in [-0.25, -0.2) is 4.79 Å². The fraction of sp³-hybridized carbons (Fsp3) is 0.333. The molecule has 0 unspecified atom stereocenters. The summed E-state index contributed by atoms with van der Waals surface area (Å²) in [6, 6.07) is 6.61. The molecule has 1 aliphatic carbocycles. The van der Waals surface area contributed by atoms with Crippen LogP contribution in [0, 0.1) is 0 Å². The van der Waals surface area contributed by atoms with Gasteiger partial charge in [0.2, 0.25) is 12.3 Å². The smallest absolute Gasteiger partial charge is 0.412 e. The van der Waals surface area contributed by atoms with Gasteiger partial charge in [-0.05, 0) is 36.6 Å². The molecule has 8 heteroatoms. The molecule has 8 nitrogen and oxygen atoms in total. The summed E-state index contributed by atoms with van der Waals surface area (Å²) >= 11 is 0. The van der Waals surface area contributed by atoms with E-state index in [-0.39, 0.29) is 17.5 Å². The Bertz CT molecular complexity index is 967. The van der Waals surface area contributed by atoms with Crippen molar-refractivity contribution in [2.24, 2.45) is 0 Å². The van der Waals surface area contributed by atoms with Gasteiger partial charge in [-0.2, -0.15) is 0 Å². The molecule has 2 N–H and O–H groups in total. The first-order chi connectivity index (χ1) is 14.2. The summed E-state index contributed by atoms with van der Waals surface area (Å²) in [6.07, 6.45) is 10.6. The molecule has 0 atom stereocenters. The van der Waals surface area contributed by atoms with Gasteiger partial charge in [0.05, 0.1) is 5.56 Å². The number of hydrogen-bond donors (Lipinski definition) is 2. The number of benzene rings is 1. The fourth-order valence-electron chi connectivity index (χ4n) is 3.55. The maximum atomic E-state index is 12.3. The van der Waals surface area contributed by atoms with Crippen molar-refractivity contribution in [3.63, 3.8) is 0 Å². The minimum Gasteiger partial charge on any atom is -0.508 e. The van der Waals surface area contributed by atoms with E-state index in [9.17, 15) is 9.90 Å². The van der Waals surface area contributed by atoms with Crippen LogP contribution in [0.4, 0.5) is 4.79 Å². The first kappa shape index (κ1) is 18.9. The topological polar surface area (TPSA) is 110 Å². The molecule has 1 amide bonds. The number of carbonyl (C=O) groups excluding carboxylic acids is 1. The highest BCUT2D eigenvalue weighted by molar-refractivity contribution is 5.74. The van der Waals surface area contributed by atoms with Crippen molar-refractivity contribution in [1.82, 2.24) is 20.5 Å². The molecule has 150 valence electrons. The van der Waals surface area contributed by atoms with Crippen LogP contribution in [-0.4, -0.2) is 32.4 Å². The van der Waals surface area contributed by atoms with Gasteiger partial charge in [0.25, 0.3) is 0 Å². The normalized spacial score (nSPS) is 14.9. The summed E-state index contributed by atoms with van der Waals surface area (Å²) in [6.45, 7) is 0. The van der Waals surface area contributed by atoms with E-state index in [0.717, 1.165) is 25.7 Å². The Morgan fingerprint density at radius 2 is 1.83 bits per heavy atom. The lowest BCUT2D eigenvalue weighted by atomic mass is 10.1. The zero-order valence-electron chi connectivity index (χ0n) is 15.9. The Labute approximate surface area is 168 Å². The second kappa shape index (κ2) is 8.72. The Kier molecular flexibility index (Phi) is 5.69. The summed E-state index contributed by atoms with van der Waals surface area (Å²) in [5, 5.41) is 20.6. The molecule has 4 rings (SSSR count). The summed E-state index contributed by atoms with van der Waals surface area (Å²) in [4.78, 5) is 16.5. The fourth-order valence-corrected chi connectivity index (χ4v) is 3.55. The van der Waals surface area contributed by atoms with Crippen LogP contribution < -0.4 is 10.1 Å². The molecular weight excluding hydrogens is 372 g/mol. The number of rotatable bonds is 4. The van der Waals surface area contributed by atoms with Crippen LogP contribution in [0.1, 0.15) is 38.5 Å². The number of nitrogens with one attached hydrogen (secondary N) is 1. The predicted octanol–water partition coefficient (Wildman–Crippen LogP) is 4.32. The zero-order valence-corrected chi connectivity index (χ0v) is 15.9. The highest BCUT2D eigenvalue weighted by Crippen LogP contribution is 2.31. The maximum Gasteiger partial charge on any atom is 0.412 e. The Morgan fingerprint density at radius 1 is 1.03 bits per heavy atom. The van der Waals surface area contributed by atoms with Crippen LogP contribution in [-0.2, 0) is 0 Å². The molecule has 0 aliphatic heterocycles. The van der Waals surface area contributed by atoms with Gasteiger partial charge < -0.3 is 19.6 Å². The van der Waals surface area contributed by atoms with E-state index < -0.39 is 6.09 Å². The van der Waals surface area contributed by atoms with E-state index in [2.05, 4.69) is 20.5 Å². The van der Waals surface area contributed by atoms with Gasteiger partial charge in [0.1, 0.15) is 11.5 Å². The monoisotopic (exact) mass is 394 g/mol. The van der Waals surface area contributed by atoms with Crippen LogP contribution in [0.25, 0.3) is 22.6 Å². The zero-order chi connectivity index (χ0) is 20.1. The lowest BCUT2D eigenvalue weighted by Crippen LogP contribution is -2.36. The number of ether oxygens (including phenoxy) is 1. The molecule has 0 saturated heterocycles. The first-order valence-electron chi connectivity index (χ1n) is 9.72. The number of hydrogen-bond acceptors (Lipinski definition) is 7. The average molecular weight is 394 g/mol.